The molecule has 1 aromatic heterocycles. The maximum atomic E-state index is 14.5. The number of aryl methyl sites for hydroxylation is 1. The maximum Gasteiger partial charge on any atom is 0.416 e. The van der Waals surface area contributed by atoms with Gasteiger partial charge in [-0.3, -0.25) is 13.9 Å². The molecule has 0 radical (unpaired) electrons. The first-order valence-electron chi connectivity index (χ1n) is 11.4. The lowest BCUT2D eigenvalue weighted by Gasteiger charge is -2.25. The Kier molecular flexibility index (Phi) is 7.94. The molecule has 0 aliphatic rings. The normalized spacial score (nSPS) is 12.8. The number of rotatable bonds is 6. The molecule has 1 amide bonds. The molecule has 3 rings (SSSR count). The van der Waals surface area contributed by atoms with Crippen molar-refractivity contribution in [3.8, 4) is 0 Å². The summed E-state index contributed by atoms with van der Waals surface area (Å²) in [7, 11) is 0. The lowest BCUT2D eigenvalue weighted by atomic mass is 10.1. The summed E-state index contributed by atoms with van der Waals surface area (Å²) >= 11 is 0. The van der Waals surface area contributed by atoms with Crippen molar-refractivity contribution in [1.82, 2.24) is 14.5 Å². The van der Waals surface area contributed by atoms with Crippen molar-refractivity contribution in [3.05, 3.63) is 104 Å². The minimum Gasteiger partial charge on any atom is -0.444 e. The molecule has 7 nitrogen and oxygen atoms in total. The van der Waals surface area contributed by atoms with E-state index in [0.717, 1.165) is 33.4 Å². The van der Waals surface area contributed by atoms with Gasteiger partial charge >= 0.3 is 18.0 Å². The van der Waals surface area contributed by atoms with Gasteiger partial charge in [0.1, 0.15) is 11.4 Å². The number of nitrogens with one attached hydrogen (secondary N) is 1. The first-order chi connectivity index (χ1) is 17.2. The number of benzene rings is 2. The Morgan fingerprint density at radius 2 is 1.65 bits per heavy atom. The molecule has 11 heteroatoms. The molecule has 0 saturated heterocycles. The van der Waals surface area contributed by atoms with E-state index < -0.39 is 58.7 Å². The highest BCUT2D eigenvalue weighted by atomic mass is 19.4. The summed E-state index contributed by atoms with van der Waals surface area (Å²) in [6.07, 6.45) is -5.64. The standard InChI is InChI=1S/C26H27F4N3O4/c1-16-13-22(34)33(15-21(17-9-6-5-7-10-17)31-23(35)37-25(2,3)4)24(36)32(16)14-18-19(26(28,29)30)11-8-12-20(18)27/h5-13,21H,14-15H2,1-4H3,(H,31,35)/t21-/m0/s1. The SMILES string of the molecule is Cc1cc(=O)n(C[C@H](NC(=O)OC(C)(C)C)c2ccccc2)c(=O)n1Cc1c(F)cccc1C(F)(F)F. The van der Waals surface area contributed by atoms with Crippen molar-refractivity contribution >= 4 is 6.09 Å². The average molecular weight is 522 g/mol. The molecule has 2 aromatic carbocycles. The number of alkyl halides is 3. The fourth-order valence-electron chi connectivity index (χ4n) is 3.78. The molecule has 37 heavy (non-hydrogen) atoms. The zero-order valence-electron chi connectivity index (χ0n) is 20.7. The van der Waals surface area contributed by atoms with Gasteiger partial charge in [-0.05, 0) is 45.4 Å². The van der Waals surface area contributed by atoms with Crippen molar-refractivity contribution in [2.24, 2.45) is 0 Å². The minimum atomic E-state index is -4.85. The molecule has 1 N–H and O–H groups in total. The highest BCUT2D eigenvalue weighted by Gasteiger charge is 2.35. The Bertz CT molecular complexity index is 1390. The smallest absolute Gasteiger partial charge is 0.416 e. The second kappa shape index (κ2) is 10.6. The lowest BCUT2D eigenvalue weighted by Crippen LogP contribution is -2.45. The Morgan fingerprint density at radius 1 is 1.00 bits per heavy atom. The molecule has 0 bridgehead atoms. The zero-order valence-corrected chi connectivity index (χ0v) is 20.7. The highest BCUT2D eigenvalue weighted by Crippen LogP contribution is 2.33. The lowest BCUT2D eigenvalue weighted by molar-refractivity contribution is -0.138. The van der Waals surface area contributed by atoms with E-state index in [0.29, 0.717) is 5.56 Å². The molecule has 0 spiro atoms. The maximum absolute atomic E-state index is 14.5. The van der Waals surface area contributed by atoms with Crippen LogP contribution >= 0.6 is 0 Å². The van der Waals surface area contributed by atoms with E-state index in [1.165, 1.54) is 6.92 Å². The molecule has 1 heterocycles. The van der Waals surface area contributed by atoms with E-state index in [1.807, 2.05) is 0 Å². The number of carbonyl (C=O) groups is 1. The minimum absolute atomic E-state index is 0.0546. The molecule has 0 aliphatic heterocycles. The second-order valence-corrected chi connectivity index (χ2v) is 9.48. The van der Waals surface area contributed by atoms with Crippen molar-refractivity contribution in [2.75, 3.05) is 0 Å². The van der Waals surface area contributed by atoms with E-state index in [2.05, 4.69) is 5.32 Å². The Morgan fingerprint density at radius 3 is 2.24 bits per heavy atom. The summed E-state index contributed by atoms with van der Waals surface area (Å²) in [5.41, 5.74) is -3.82. The van der Waals surface area contributed by atoms with E-state index in [1.54, 1.807) is 51.1 Å². The molecule has 3 aromatic rings. The molecule has 1 atom stereocenters. The Hall–Kier alpha value is -3.89. The number of halogens is 4. The number of nitrogens with zero attached hydrogens (tertiary/aromatic N) is 2. The van der Waals surface area contributed by atoms with E-state index in [4.69, 9.17) is 4.74 Å². The van der Waals surface area contributed by atoms with Crippen LogP contribution in [0.5, 0.6) is 0 Å². The van der Waals surface area contributed by atoms with Crippen LogP contribution in [-0.2, 0) is 24.0 Å². The predicted molar refractivity (Wildman–Crippen MR) is 129 cm³/mol. The number of hydrogen-bond donors (Lipinski definition) is 1. The van der Waals surface area contributed by atoms with Crippen LogP contribution in [0.4, 0.5) is 22.4 Å². The van der Waals surface area contributed by atoms with Crippen LogP contribution < -0.4 is 16.6 Å². The van der Waals surface area contributed by atoms with E-state index >= 15 is 0 Å². The van der Waals surface area contributed by atoms with Crippen molar-refractivity contribution in [3.63, 3.8) is 0 Å². The molecule has 0 fully saturated rings. The van der Waals surface area contributed by atoms with Gasteiger partial charge < -0.3 is 10.1 Å². The molecule has 198 valence electrons. The summed E-state index contributed by atoms with van der Waals surface area (Å²) in [6, 6.07) is 11.2. The second-order valence-electron chi connectivity index (χ2n) is 9.48. The molecule has 0 unspecified atom stereocenters. The first-order valence-corrected chi connectivity index (χ1v) is 11.4. The van der Waals surface area contributed by atoms with Gasteiger partial charge in [0.15, 0.2) is 0 Å². The first kappa shape index (κ1) is 27.7. The van der Waals surface area contributed by atoms with Gasteiger partial charge in [-0.1, -0.05) is 36.4 Å². The summed E-state index contributed by atoms with van der Waals surface area (Å²) in [6.45, 7) is 5.29. The monoisotopic (exact) mass is 521 g/mol. The van der Waals surface area contributed by atoms with E-state index in [-0.39, 0.29) is 12.2 Å². The van der Waals surface area contributed by atoms with Crippen LogP contribution in [0.1, 0.15) is 49.2 Å². The third kappa shape index (κ3) is 6.87. The van der Waals surface area contributed by atoms with Crippen LogP contribution in [0.15, 0.2) is 64.2 Å². The zero-order chi connectivity index (χ0) is 27.5. The van der Waals surface area contributed by atoms with Crippen molar-refractivity contribution in [2.45, 2.75) is 58.6 Å². The Balaban J connectivity index is 2.06. The van der Waals surface area contributed by atoms with Gasteiger partial charge in [-0.25, -0.2) is 14.0 Å². The number of alkyl carbamates (subject to hydrolysis) is 1. The third-order valence-electron chi connectivity index (χ3n) is 5.48. The highest BCUT2D eigenvalue weighted by molar-refractivity contribution is 5.68. The van der Waals surface area contributed by atoms with Crippen LogP contribution in [0.2, 0.25) is 0 Å². The van der Waals surface area contributed by atoms with Crippen molar-refractivity contribution in [1.29, 1.82) is 0 Å². The molecular weight excluding hydrogens is 494 g/mol. The summed E-state index contributed by atoms with van der Waals surface area (Å²) in [5.74, 6) is -1.13. The van der Waals surface area contributed by atoms with Gasteiger partial charge in [-0.2, -0.15) is 13.2 Å². The largest absolute Gasteiger partial charge is 0.444 e. The van der Waals surface area contributed by atoms with Gasteiger partial charge in [0.25, 0.3) is 5.56 Å². The molecular formula is C26H27F4N3O4. The van der Waals surface area contributed by atoms with Gasteiger partial charge in [0, 0.05) is 17.3 Å². The molecule has 0 aliphatic carbocycles. The fraction of sp³-hybridized carbons (Fsp3) is 0.346. The van der Waals surface area contributed by atoms with Crippen LogP contribution in [-0.4, -0.2) is 20.8 Å². The number of aromatic nitrogens is 2. The van der Waals surface area contributed by atoms with Crippen LogP contribution in [0.3, 0.4) is 0 Å². The predicted octanol–water partition coefficient (Wildman–Crippen LogP) is 4.79. The topological polar surface area (TPSA) is 82.3 Å². The van der Waals surface area contributed by atoms with Gasteiger partial charge in [-0.15, -0.1) is 0 Å². The van der Waals surface area contributed by atoms with E-state index in [9.17, 15) is 31.9 Å². The third-order valence-corrected chi connectivity index (χ3v) is 5.48. The Labute approximate surface area is 210 Å². The average Bonchev–Trinajstić information content (AvgIpc) is 2.78. The number of ether oxygens (including phenoxy) is 1. The summed E-state index contributed by atoms with van der Waals surface area (Å²) < 4.78 is 62.0. The van der Waals surface area contributed by atoms with Gasteiger partial charge in [0.05, 0.1) is 24.7 Å². The number of carbonyl (C=O) groups excluding carboxylic acids is 1. The fourth-order valence-corrected chi connectivity index (χ4v) is 3.78. The summed E-state index contributed by atoms with van der Waals surface area (Å²) in [4.78, 5) is 38.6. The van der Waals surface area contributed by atoms with Crippen molar-refractivity contribution < 1.29 is 27.1 Å². The quantitative estimate of drug-likeness (QED) is 0.473. The van der Waals surface area contributed by atoms with Gasteiger partial charge in [0.2, 0.25) is 0 Å². The number of amides is 1. The molecule has 0 saturated carbocycles. The summed E-state index contributed by atoms with van der Waals surface area (Å²) in [5, 5.41) is 2.64. The van der Waals surface area contributed by atoms with Crippen LogP contribution in [0.25, 0.3) is 0 Å². The number of hydrogen-bond acceptors (Lipinski definition) is 4. The van der Waals surface area contributed by atoms with Crippen LogP contribution in [0, 0.1) is 12.7 Å².